The summed E-state index contributed by atoms with van der Waals surface area (Å²) in [7, 11) is 0. The van der Waals surface area contributed by atoms with Crippen LogP contribution in [0.15, 0.2) is 30.5 Å². The van der Waals surface area contributed by atoms with E-state index in [0.29, 0.717) is 5.13 Å². The number of benzene rings is 1. The average Bonchev–Trinajstić information content (AvgIpc) is 2.83. The highest BCUT2D eigenvalue weighted by Gasteiger charge is 2.22. The zero-order valence-corrected chi connectivity index (χ0v) is 11.5. The molecule has 0 saturated heterocycles. The lowest BCUT2D eigenvalue weighted by molar-refractivity contribution is 0.256. The van der Waals surface area contributed by atoms with Crippen LogP contribution in [-0.4, -0.2) is 17.6 Å². The van der Waals surface area contributed by atoms with Gasteiger partial charge in [0.25, 0.3) is 0 Å². The van der Waals surface area contributed by atoms with Crippen molar-refractivity contribution in [2.24, 2.45) is 0 Å². The molecule has 0 fully saturated rings. The molecule has 2 amide bonds. The fourth-order valence-electron chi connectivity index (χ4n) is 2.32. The number of aromatic nitrogens is 1. The number of thiazole rings is 1. The number of amides is 2. The number of rotatable bonds is 1. The highest BCUT2D eigenvalue weighted by Crippen LogP contribution is 2.27. The van der Waals surface area contributed by atoms with Crippen LogP contribution in [0.25, 0.3) is 0 Å². The summed E-state index contributed by atoms with van der Waals surface area (Å²) in [5.74, 6) is 0. The first-order valence-electron chi connectivity index (χ1n) is 6.33. The van der Waals surface area contributed by atoms with Gasteiger partial charge in [0, 0.05) is 23.3 Å². The van der Waals surface area contributed by atoms with Gasteiger partial charge in [0.2, 0.25) is 0 Å². The molecule has 1 aromatic heterocycles. The maximum absolute atomic E-state index is 12.3. The number of anilines is 2. The van der Waals surface area contributed by atoms with E-state index < -0.39 is 0 Å². The van der Waals surface area contributed by atoms with Crippen molar-refractivity contribution in [1.29, 1.82) is 0 Å². The predicted molar refractivity (Wildman–Crippen MR) is 78.0 cm³/mol. The van der Waals surface area contributed by atoms with E-state index in [0.717, 1.165) is 30.0 Å². The number of nitrogens with zero attached hydrogens (tertiary/aromatic N) is 2. The summed E-state index contributed by atoms with van der Waals surface area (Å²) in [6.07, 6.45) is 3.81. The van der Waals surface area contributed by atoms with Crippen molar-refractivity contribution in [1.82, 2.24) is 4.98 Å². The molecule has 1 N–H and O–H groups in total. The van der Waals surface area contributed by atoms with Crippen LogP contribution in [0.5, 0.6) is 0 Å². The van der Waals surface area contributed by atoms with Crippen LogP contribution < -0.4 is 10.2 Å². The number of para-hydroxylation sites is 1. The molecule has 19 heavy (non-hydrogen) atoms. The van der Waals surface area contributed by atoms with E-state index in [1.165, 1.54) is 16.9 Å². The Morgan fingerprint density at radius 1 is 1.42 bits per heavy atom. The molecular weight excluding hydrogens is 258 g/mol. The zero-order chi connectivity index (χ0) is 13.2. The molecule has 0 atom stereocenters. The minimum Gasteiger partial charge on any atom is -0.294 e. The van der Waals surface area contributed by atoms with Gasteiger partial charge in [-0.2, -0.15) is 0 Å². The fraction of sp³-hybridized carbons (Fsp3) is 0.286. The highest BCUT2D eigenvalue weighted by atomic mass is 32.1. The van der Waals surface area contributed by atoms with Crippen LogP contribution in [0.1, 0.15) is 16.9 Å². The molecule has 1 aliphatic heterocycles. The van der Waals surface area contributed by atoms with Gasteiger partial charge < -0.3 is 0 Å². The molecule has 3 rings (SSSR count). The summed E-state index contributed by atoms with van der Waals surface area (Å²) >= 11 is 1.49. The maximum Gasteiger partial charge on any atom is 0.328 e. The normalized spacial score (nSPS) is 14.1. The molecular formula is C14H15N3OS. The van der Waals surface area contributed by atoms with Crippen molar-refractivity contribution >= 4 is 28.2 Å². The van der Waals surface area contributed by atoms with E-state index in [9.17, 15) is 4.79 Å². The molecule has 5 heteroatoms. The first-order chi connectivity index (χ1) is 9.24. The van der Waals surface area contributed by atoms with Crippen molar-refractivity contribution in [3.05, 3.63) is 40.9 Å². The van der Waals surface area contributed by atoms with Crippen LogP contribution in [0.2, 0.25) is 0 Å². The molecule has 98 valence electrons. The zero-order valence-electron chi connectivity index (χ0n) is 10.7. The van der Waals surface area contributed by atoms with E-state index >= 15 is 0 Å². The van der Waals surface area contributed by atoms with Crippen LogP contribution >= 0.6 is 11.3 Å². The average molecular weight is 273 g/mol. The number of nitrogens with one attached hydrogen (secondary N) is 1. The SMILES string of the molecule is Cc1cnc(NC(=O)N2CCCc3ccccc32)s1. The Hall–Kier alpha value is -1.88. The van der Waals surface area contributed by atoms with Gasteiger partial charge in [-0.1, -0.05) is 18.2 Å². The van der Waals surface area contributed by atoms with E-state index in [4.69, 9.17) is 0 Å². The molecule has 1 aliphatic rings. The second kappa shape index (κ2) is 5.01. The Kier molecular flexibility index (Phi) is 3.21. The second-order valence-corrected chi connectivity index (χ2v) is 5.82. The molecule has 4 nitrogen and oxygen atoms in total. The molecule has 0 radical (unpaired) electrons. The number of hydrogen-bond donors (Lipinski definition) is 1. The van der Waals surface area contributed by atoms with Crippen molar-refractivity contribution in [2.45, 2.75) is 19.8 Å². The predicted octanol–water partition coefficient (Wildman–Crippen LogP) is 3.44. The fourth-order valence-corrected chi connectivity index (χ4v) is 2.97. The van der Waals surface area contributed by atoms with E-state index in [1.807, 2.05) is 25.1 Å². The molecule has 0 aliphatic carbocycles. The molecule has 1 aromatic carbocycles. The summed E-state index contributed by atoms with van der Waals surface area (Å²) in [4.78, 5) is 19.4. The molecule has 2 heterocycles. The molecule has 2 aromatic rings. The molecule has 0 spiro atoms. The highest BCUT2D eigenvalue weighted by molar-refractivity contribution is 7.15. The largest absolute Gasteiger partial charge is 0.328 e. The van der Waals surface area contributed by atoms with Crippen molar-refractivity contribution in [3.8, 4) is 0 Å². The van der Waals surface area contributed by atoms with Crippen LogP contribution in [0.4, 0.5) is 15.6 Å². The van der Waals surface area contributed by atoms with Gasteiger partial charge in [0.05, 0.1) is 0 Å². The summed E-state index contributed by atoms with van der Waals surface area (Å²) in [5.41, 5.74) is 2.25. The first-order valence-corrected chi connectivity index (χ1v) is 7.14. The standard InChI is InChI=1S/C14H15N3OS/c1-10-9-15-13(19-10)16-14(18)17-8-4-6-11-5-2-3-7-12(11)17/h2-3,5,7,9H,4,6,8H2,1H3,(H,15,16,18). The molecule has 0 unspecified atom stereocenters. The summed E-state index contributed by atoms with van der Waals surface area (Å²) in [5, 5.41) is 3.53. The van der Waals surface area contributed by atoms with Crippen LogP contribution in [0, 0.1) is 6.92 Å². The lowest BCUT2D eigenvalue weighted by atomic mass is 10.0. The van der Waals surface area contributed by atoms with Crippen molar-refractivity contribution in [3.63, 3.8) is 0 Å². The number of hydrogen-bond acceptors (Lipinski definition) is 3. The van der Waals surface area contributed by atoms with Gasteiger partial charge in [0.15, 0.2) is 5.13 Å². The molecule has 0 saturated carbocycles. The Bertz CT molecular complexity index is 608. The van der Waals surface area contributed by atoms with E-state index in [1.54, 1.807) is 11.1 Å². The summed E-state index contributed by atoms with van der Waals surface area (Å²) in [6.45, 7) is 2.73. The van der Waals surface area contributed by atoms with E-state index in [2.05, 4.69) is 16.4 Å². The first kappa shape index (κ1) is 12.2. The van der Waals surface area contributed by atoms with Gasteiger partial charge in [-0.05, 0) is 31.4 Å². The number of aryl methyl sites for hydroxylation is 2. The summed E-state index contributed by atoms with van der Waals surface area (Å²) in [6, 6.07) is 7.98. The molecule has 0 bridgehead atoms. The van der Waals surface area contributed by atoms with Gasteiger partial charge in [-0.25, -0.2) is 9.78 Å². The second-order valence-electron chi connectivity index (χ2n) is 4.59. The number of carbonyl (C=O) groups excluding carboxylic acids is 1. The number of fused-ring (bicyclic) bond motifs is 1. The third kappa shape index (κ3) is 2.46. The topological polar surface area (TPSA) is 45.2 Å². The smallest absolute Gasteiger partial charge is 0.294 e. The monoisotopic (exact) mass is 273 g/mol. The lowest BCUT2D eigenvalue weighted by Gasteiger charge is -2.29. The number of urea groups is 1. The van der Waals surface area contributed by atoms with Gasteiger partial charge in [0.1, 0.15) is 0 Å². The van der Waals surface area contributed by atoms with Gasteiger partial charge >= 0.3 is 6.03 Å². The lowest BCUT2D eigenvalue weighted by Crippen LogP contribution is -2.38. The Labute approximate surface area is 116 Å². The quantitative estimate of drug-likeness (QED) is 0.865. The third-order valence-electron chi connectivity index (χ3n) is 3.19. The van der Waals surface area contributed by atoms with Crippen LogP contribution in [-0.2, 0) is 6.42 Å². The Morgan fingerprint density at radius 2 is 2.26 bits per heavy atom. The van der Waals surface area contributed by atoms with Gasteiger partial charge in [-0.15, -0.1) is 11.3 Å². The minimum absolute atomic E-state index is 0.0958. The Balaban J connectivity index is 1.81. The summed E-state index contributed by atoms with van der Waals surface area (Å²) < 4.78 is 0. The third-order valence-corrected chi connectivity index (χ3v) is 4.02. The van der Waals surface area contributed by atoms with Crippen molar-refractivity contribution < 1.29 is 4.79 Å². The number of carbonyl (C=O) groups is 1. The van der Waals surface area contributed by atoms with Crippen molar-refractivity contribution in [2.75, 3.05) is 16.8 Å². The minimum atomic E-state index is -0.0958. The van der Waals surface area contributed by atoms with Gasteiger partial charge in [-0.3, -0.25) is 10.2 Å². The van der Waals surface area contributed by atoms with Crippen LogP contribution in [0.3, 0.4) is 0 Å². The Morgan fingerprint density at radius 3 is 3.05 bits per heavy atom. The van der Waals surface area contributed by atoms with E-state index in [-0.39, 0.29) is 6.03 Å². The maximum atomic E-state index is 12.3.